The van der Waals surface area contributed by atoms with Crippen LogP contribution in [0.4, 0.5) is 0 Å². The van der Waals surface area contributed by atoms with Crippen molar-refractivity contribution in [2.45, 2.75) is 27.7 Å². The second-order valence-corrected chi connectivity index (χ2v) is 2.23. The topological polar surface area (TPSA) is 0 Å². The van der Waals surface area contributed by atoms with E-state index in [0.29, 0.717) is 0 Å². The molecule has 0 saturated carbocycles. The fraction of sp³-hybridized carbons (Fsp3) is 0.833. The minimum Gasteiger partial charge on any atom is -1.00 e. The second kappa shape index (κ2) is 8.25. The Kier molecular flexibility index (Phi) is 16.6. The van der Waals surface area contributed by atoms with Crippen molar-refractivity contribution in [2.75, 3.05) is 0 Å². The van der Waals surface area contributed by atoms with E-state index >= 15 is 0 Å². The van der Waals surface area contributed by atoms with Crippen LogP contribution in [0.2, 0.25) is 0 Å². The van der Waals surface area contributed by atoms with Crippen molar-refractivity contribution in [3.8, 4) is 0 Å². The van der Waals surface area contributed by atoms with Gasteiger partial charge in [-0.25, -0.2) is 0 Å². The molecule has 0 N–H and O–H groups in total. The average molecular weight is 189 g/mol. The van der Waals surface area contributed by atoms with Gasteiger partial charge in [0.25, 0.3) is 0 Å². The third-order valence-corrected chi connectivity index (χ3v) is 1.15. The molecule has 0 unspecified atom stereocenters. The van der Waals surface area contributed by atoms with E-state index in [1.54, 1.807) is 0 Å². The summed E-state index contributed by atoms with van der Waals surface area (Å²) in [6, 6.07) is 0. The monoisotopic (exact) mass is 188 g/mol. The van der Waals surface area contributed by atoms with E-state index in [2.05, 4.69) is 27.7 Å². The number of hydrogen-bond donors (Lipinski definition) is 0. The fourth-order valence-electron chi connectivity index (χ4n) is 0. The molecule has 0 fully saturated rings. The van der Waals surface area contributed by atoms with Crippen molar-refractivity contribution in [3.63, 3.8) is 0 Å². The Morgan fingerprint density at radius 1 is 1.12 bits per heavy atom. The van der Waals surface area contributed by atoms with Gasteiger partial charge in [0.15, 0.2) is 0 Å². The summed E-state index contributed by atoms with van der Waals surface area (Å²) in [7, 11) is 0. The van der Waals surface area contributed by atoms with Gasteiger partial charge in [-0.05, 0) is 0 Å². The molecule has 0 amide bonds. The van der Waals surface area contributed by atoms with Crippen molar-refractivity contribution in [1.82, 2.24) is 0 Å². The zero-order chi connectivity index (χ0) is 5.15. The van der Waals surface area contributed by atoms with Gasteiger partial charge in [0.2, 0.25) is 0 Å². The molecule has 0 radical (unpaired) electrons. The van der Waals surface area contributed by atoms with Crippen LogP contribution in [-0.2, 0) is 0 Å². The summed E-state index contributed by atoms with van der Waals surface area (Å²) >= 11 is 0. The number of hydrogen-bond acceptors (Lipinski definition) is 0. The summed E-state index contributed by atoms with van der Waals surface area (Å²) in [6.45, 7) is 8.72. The van der Waals surface area contributed by atoms with Crippen LogP contribution in [0.25, 0.3) is 0 Å². The molecule has 8 heavy (non-hydrogen) atoms. The summed E-state index contributed by atoms with van der Waals surface area (Å²) in [6.07, 6.45) is 0. The predicted molar refractivity (Wildman–Crippen MR) is 35.2 cm³/mol. The van der Waals surface area contributed by atoms with Crippen molar-refractivity contribution in [2.24, 2.45) is 5.92 Å². The zero-order valence-corrected chi connectivity index (χ0v) is 9.16. The summed E-state index contributed by atoms with van der Waals surface area (Å²) in [5, 5.41) is 0. The Labute approximate surface area is 79.3 Å². The second-order valence-electron chi connectivity index (χ2n) is 2.23. The minimum atomic E-state index is 0. The quantitative estimate of drug-likeness (QED) is 0.362. The Morgan fingerprint density at radius 2 is 1.25 bits per heavy atom. The van der Waals surface area contributed by atoms with Crippen molar-refractivity contribution < 1.29 is 17.0 Å². The predicted octanol–water partition coefficient (Wildman–Crippen LogP) is -1.12. The molecule has 0 aromatic heterocycles. The average Bonchev–Trinajstić information content (AvgIpc) is 1.36. The van der Waals surface area contributed by atoms with Gasteiger partial charge in [-0.15, -0.1) is 0 Å². The molecule has 2 heteroatoms. The van der Waals surface area contributed by atoms with Crippen LogP contribution in [0.3, 0.4) is 0 Å². The standard InChI is InChI=1S/C6H13.BrH.Mg/c1-5(2)6(3)4;;/h5H,1-4H3;1H;/q-1;;+2/p-1. The van der Waals surface area contributed by atoms with Gasteiger partial charge >= 0.3 is 23.1 Å². The molecule has 0 saturated heterocycles. The fourth-order valence-corrected chi connectivity index (χ4v) is 0. The molecular formula is C6H13BrMg. The smallest absolute Gasteiger partial charge is 1.00 e. The summed E-state index contributed by atoms with van der Waals surface area (Å²) in [5.74, 6) is 2.28. The first kappa shape index (κ1) is 16.1. The van der Waals surface area contributed by atoms with Crippen LogP contribution in [0.1, 0.15) is 27.7 Å². The van der Waals surface area contributed by atoms with Gasteiger partial charge in [0.05, 0.1) is 0 Å². The van der Waals surface area contributed by atoms with E-state index in [1.807, 2.05) is 0 Å². The summed E-state index contributed by atoms with van der Waals surface area (Å²) in [5.41, 5.74) is 0. The Bertz CT molecular complexity index is 29.5. The molecule has 0 rings (SSSR count). The molecule has 0 spiro atoms. The molecule has 0 aliphatic heterocycles. The van der Waals surface area contributed by atoms with Gasteiger partial charge in [0.1, 0.15) is 0 Å². The van der Waals surface area contributed by atoms with Crippen LogP contribution in [0.5, 0.6) is 0 Å². The maximum Gasteiger partial charge on any atom is 2.00 e. The molecule has 0 aliphatic carbocycles. The van der Waals surface area contributed by atoms with Gasteiger partial charge < -0.3 is 22.9 Å². The molecular weight excluding hydrogens is 176 g/mol. The SMILES string of the molecule is C[C-](C)C(C)C.[Br-].[Mg+2]. The molecule has 0 aromatic rings. The molecule has 0 aromatic carbocycles. The van der Waals surface area contributed by atoms with Crippen LogP contribution in [-0.4, -0.2) is 23.1 Å². The Morgan fingerprint density at radius 3 is 1.25 bits per heavy atom. The van der Waals surface area contributed by atoms with Crippen LogP contribution in [0, 0.1) is 11.8 Å². The first-order chi connectivity index (χ1) is 2.64. The maximum absolute atomic E-state index is 2.20. The van der Waals surface area contributed by atoms with E-state index in [-0.39, 0.29) is 40.0 Å². The van der Waals surface area contributed by atoms with Crippen molar-refractivity contribution in [3.05, 3.63) is 5.92 Å². The van der Waals surface area contributed by atoms with Gasteiger partial charge in [-0.3, -0.25) is 0 Å². The molecule has 46 valence electrons. The van der Waals surface area contributed by atoms with Gasteiger partial charge in [-0.2, -0.15) is 19.8 Å². The molecule has 0 bridgehead atoms. The molecule has 0 atom stereocenters. The molecule has 0 heterocycles. The van der Waals surface area contributed by atoms with Crippen LogP contribution < -0.4 is 17.0 Å². The Balaban J connectivity index is -0.000000125. The van der Waals surface area contributed by atoms with Gasteiger partial charge in [-0.1, -0.05) is 13.8 Å². The van der Waals surface area contributed by atoms with Gasteiger partial charge in [0, 0.05) is 0 Å². The minimum absolute atomic E-state index is 0. The van der Waals surface area contributed by atoms with Crippen LogP contribution >= 0.6 is 0 Å². The largest absolute Gasteiger partial charge is 2.00 e. The Hall–Kier alpha value is 1.25. The van der Waals surface area contributed by atoms with E-state index < -0.39 is 0 Å². The number of rotatable bonds is 1. The van der Waals surface area contributed by atoms with Crippen molar-refractivity contribution >= 4 is 23.1 Å². The number of halogens is 1. The summed E-state index contributed by atoms with van der Waals surface area (Å²) in [4.78, 5) is 0. The zero-order valence-electron chi connectivity index (χ0n) is 6.16. The first-order valence-electron chi connectivity index (χ1n) is 2.44. The van der Waals surface area contributed by atoms with Crippen molar-refractivity contribution in [1.29, 1.82) is 0 Å². The first-order valence-corrected chi connectivity index (χ1v) is 2.44. The third-order valence-electron chi connectivity index (χ3n) is 1.15. The van der Waals surface area contributed by atoms with E-state index in [0.717, 1.165) is 5.92 Å². The summed E-state index contributed by atoms with van der Waals surface area (Å²) < 4.78 is 0. The van der Waals surface area contributed by atoms with Crippen LogP contribution in [0.15, 0.2) is 0 Å². The maximum atomic E-state index is 2.20. The normalized spacial score (nSPS) is 8.25. The van der Waals surface area contributed by atoms with E-state index in [9.17, 15) is 0 Å². The van der Waals surface area contributed by atoms with E-state index in [1.165, 1.54) is 5.92 Å². The van der Waals surface area contributed by atoms with E-state index in [4.69, 9.17) is 0 Å². The molecule has 0 aliphatic rings. The molecule has 0 nitrogen and oxygen atoms in total. The third kappa shape index (κ3) is 10.3.